The fraction of sp³-hybridized carbons (Fsp3) is 0.409. The van der Waals surface area contributed by atoms with Crippen molar-refractivity contribution in [3.05, 3.63) is 57.6 Å². The highest BCUT2D eigenvalue weighted by Crippen LogP contribution is 2.26. The number of hydrogen-bond donors (Lipinski definition) is 1. The molecule has 0 radical (unpaired) electrons. The average molecular weight is 415 g/mol. The van der Waals surface area contributed by atoms with E-state index in [0.717, 1.165) is 24.8 Å². The Hall–Kier alpha value is -2.65. The predicted octanol–water partition coefficient (Wildman–Crippen LogP) is 4.63. The van der Waals surface area contributed by atoms with E-state index in [1.54, 1.807) is 23.7 Å². The standard InChI is InChI=1S/C22H24ClFN4O/c1-14-5-3-4-6-20(14)26-22(29)17(12-25)11-19-15(2)27-28(21(19)23)13-16-7-9-18(24)10-8-16/h7-11,14,20H,3-6,13H2,1-2H3,(H,26,29)/b17-11+/t14-,20+/m0/s1. The first-order chi connectivity index (χ1) is 13.9. The highest BCUT2D eigenvalue weighted by atomic mass is 35.5. The van der Waals surface area contributed by atoms with Crippen LogP contribution in [0.15, 0.2) is 29.8 Å². The molecule has 2 aromatic rings. The van der Waals surface area contributed by atoms with E-state index in [9.17, 15) is 14.4 Å². The number of nitriles is 1. The van der Waals surface area contributed by atoms with Crippen LogP contribution >= 0.6 is 11.6 Å². The molecule has 7 heteroatoms. The Bertz CT molecular complexity index is 958. The van der Waals surface area contributed by atoms with E-state index in [1.807, 2.05) is 6.07 Å². The van der Waals surface area contributed by atoms with Gasteiger partial charge in [-0.25, -0.2) is 9.07 Å². The lowest BCUT2D eigenvalue weighted by Crippen LogP contribution is -2.41. The lowest BCUT2D eigenvalue weighted by Gasteiger charge is -2.29. The van der Waals surface area contributed by atoms with E-state index >= 15 is 0 Å². The third-order valence-corrected chi connectivity index (χ3v) is 5.84. The quantitative estimate of drug-likeness (QED) is 0.572. The second kappa shape index (κ2) is 9.23. The zero-order valence-corrected chi connectivity index (χ0v) is 17.3. The lowest BCUT2D eigenvalue weighted by molar-refractivity contribution is -0.118. The highest BCUT2D eigenvalue weighted by Gasteiger charge is 2.24. The Morgan fingerprint density at radius 2 is 2.07 bits per heavy atom. The van der Waals surface area contributed by atoms with Crippen LogP contribution < -0.4 is 5.32 Å². The van der Waals surface area contributed by atoms with Gasteiger partial charge in [-0.2, -0.15) is 10.4 Å². The van der Waals surface area contributed by atoms with E-state index in [1.165, 1.54) is 24.6 Å². The summed E-state index contributed by atoms with van der Waals surface area (Å²) in [5.74, 6) is -0.290. The Morgan fingerprint density at radius 1 is 1.38 bits per heavy atom. The summed E-state index contributed by atoms with van der Waals surface area (Å²) >= 11 is 6.47. The Labute approximate surface area is 175 Å². The summed E-state index contributed by atoms with van der Waals surface area (Å²) in [6, 6.07) is 8.16. The second-order valence-corrected chi connectivity index (χ2v) is 7.94. The van der Waals surface area contributed by atoms with Gasteiger partial charge in [0.25, 0.3) is 5.91 Å². The first-order valence-electron chi connectivity index (χ1n) is 9.79. The Morgan fingerprint density at radius 3 is 2.72 bits per heavy atom. The fourth-order valence-corrected chi connectivity index (χ4v) is 3.96. The summed E-state index contributed by atoms with van der Waals surface area (Å²) in [7, 11) is 0. The molecule has 0 spiro atoms. The lowest BCUT2D eigenvalue weighted by atomic mass is 9.86. The topological polar surface area (TPSA) is 70.7 Å². The Kier molecular flexibility index (Phi) is 6.71. The number of aromatic nitrogens is 2. The molecule has 1 aliphatic rings. The summed E-state index contributed by atoms with van der Waals surface area (Å²) in [4.78, 5) is 12.6. The van der Waals surface area contributed by atoms with Crippen LogP contribution in [0.25, 0.3) is 6.08 Å². The maximum Gasteiger partial charge on any atom is 0.262 e. The first-order valence-corrected chi connectivity index (χ1v) is 10.2. The van der Waals surface area contributed by atoms with Gasteiger partial charge in [0, 0.05) is 11.6 Å². The molecule has 1 saturated carbocycles. The minimum absolute atomic E-state index is 0.00843. The summed E-state index contributed by atoms with van der Waals surface area (Å²) in [6.07, 6.45) is 5.77. The molecule has 152 valence electrons. The molecule has 29 heavy (non-hydrogen) atoms. The van der Waals surface area contributed by atoms with E-state index in [4.69, 9.17) is 11.6 Å². The molecular formula is C22H24ClFN4O. The van der Waals surface area contributed by atoms with Crippen molar-refractivity contribution in [2.45, 2.75) is 52.1 Å². The zero-order valence-electron chi connectivity index (χ0n) is 16.6. The van der Waals surface area contributed by atoms with Gasteiger partial charge in [-0.1, -0.05) is 43.5 Å². The number of nitrogens with zero attached hydrogens (tertiary/aromatic N) is 3. The second-order valence-electron chi connectivity index (χ2n) is 7.59. The third kappa shape index (κ3) is 5.04. The van der Waals surface area contributed by atoms with Gasteiger partial charge in [0.2, 0.25) is 0 Å². The van der Waals surface area contributed by atoms with Crippen molar-refractivity contribution < 1.29 is 9.18 Å². The molecule has 1 aromatic carbocycles. The largest absolute Gasteiger partial charge is 0.348 e. The number of rotatable bonds is 5. The van der Waals surface area contributed by atoms with Crippen LogP contribution in [-0.4, -0.2) is 21.7 Å². The summed E-state index contributed by atoms with van der Waals surface area (Å²) in [5, 5.41) is 17.3. The molecule has 2 atom stereocenters. The molecule has 1 aliphatic carbocycles. The number of hydrogen-bond acceptors (Lipinski definition) is 3. The van der Waals surface area contributed by atoms with Gasteiger partial charge in [0.1, 0.15) is 22.6 Å². The average Bonchev–Trinajstić information content (AvgIpc) is 2.96. The van der Waals surface area contributed by atoms with Gasteiger partial charge < -0.3 is 5.32 Å². The van der Waals surface area contributed by atoms with Crippen molar-refractivity contribution in [2.24, 2.45) is 5.92 Å². The number of nitrogens with one attached hydrogen (secondary N) is 1. The maximum absolute atomic E-state index is 13.1. The molecule has 5 nitrogen and oxygen atoms in total. The SMILES string of the molecule is Cc1nn(Cc2ccc(F)cc2)c(Cl)c1/C=C(\C#N)C(=O)N[C@@H]1CCCC[C@@H]1C. The van der Waals surface area contributed by atoms with Crippen LogP contribution in [0.1, 0.15) is 49.4 Å². The molecule has 0 unspecified atom stereocenters. The minimum atomic E-state index is -0.381. The van der Waals surface area contributed by atoms with Crippen LogP contribution in [0.4, 0.5) is 4.39 Å². The van der Waals surface area contributed by atoms with Gasteiger partial charge >= 0.3 is 0 Å². The molecule has 3 rings (SSSR count). The van der Waals surface area contributed by atoms with Gasteiger partial charge in [0.15, 0.2) is 0 Å². The number of carbonyl (C=O) groups is 1. The van der Waals surface area contributed by atoms with Crippen molar-refractivity contribution in [3.8, 4) is 6.07 Å². The number of amides is 1. The number of carbonyl (C=O) groups excluding carboxylic acids is 1. The fourth-order valence-electron chi connectivity index (χ4n) is 3.67. The van der Waals surface area contributed by atoms with Crippen molar-refractivity contribution in [1.29, 1.82) is 5.26 Å². The summed E-state index contributed by atoms with van der Waals surface area (Å²) in [6.45, 7) is 4.26. The zero-order chi connectivity index (χ0) is 21.0. The molecule has 0 saturated heterocycles. The normalized spacial score (nSPS) is 19.6. The highest BCUT2D eigenvalue weighted by molar-refractivity contribution is 6.31. The molecule has 0 bridgehead atoms. The minimum Gasteiger partial charge on any atom is -0.348 e. The van der Waals surface area contributed by atoms with Crippen LogP contribution in [0, 0.1) is 30.0 Å². The molecule has 1 N–H and O–H groups in total. The molecule has 1 fully saturated rings. The summed E-state index contributed by atoms with van der Waals surface area (Å²) in [5.41, 5.74) is 2.01. The van der Waals surface area contributed by atoms with E-state index < -0.39 is 0 Å². The first kappa shape index (κ1) is 21.1. The van der Waals surface area contributed by atoms with Crippen LogP contribution in [-0.2, 0) is 11.3 Å². The molecular weight excluding hydrogens is 391 g/mol. The summed E-state index contributed by atoms with van der Waals surface area (Å²) < 4.78 is 14.7. The van der Waals surface area contributed by atoms with E-state index in [-0.39, 0.29) is 23.3 Å². The number of aryl methyl sites for hydroxylation is 1. The number of halogens is 2. The van der Waals surface area contributed by atoms with E-state index in [2.05, 4.69) is 17.3 Å². The van der Waals surface area contributed by atoms with Crippen molar-refractivity contribution in [2.75, 3.05) is 0 Å². The van der Waals surface area contributed by atoms with Gasteiger partial charge in [-0.3, -0.25) is 4.79 Å². The maximum atomic E-state index is 13.1. The van der Waals surface area contributed by atoms with Crippen LogP contribution in [0.5, 0.6) is 0 Å². The smallest absolute Gasteiger partial charge is 0.262 e. The van der Waals surface area contributed by atoms with Gasteiger partial charge in [0.05, 0.1) is 12.2 Å². The molecule has 1 amide bonds. The van der Waals surface area contributed by atoms with Crippen LogP contribution in [0.2, 0.25) is 5.15 Å². The Balaban J connectivity index is 1.80. The van der Waals surface area contributed by atoms with Gasteiger partial charge in [-0.05, 0) is 49.5 Å². The molecule has 0 aliphatic heterocycles. The van der Waals surface area contributed by atoms with Crippen molar-refractivity contribution >= 4 is 23.6 Å². The number of benzene rings is 1. The monoisotopic (exact) mass is 414 g/mol. The van der Waals surface area contributed by atoms with Crippen molar-refractivity contribution in [1.82, 2.24) is 15.1 Å². The van der Waals surface area contributed by atoms with Crippen molar-refractivity contribution in [3.63, 3.8) is 0 Å². The third-order valence-electron chi connectivity index (χ3n) is 5.44. The van der Waals surface area contributed by atoms with Gasteiger partial charge in [-0.15, -0.1) is 0 Å². The molecule has 1 heterocycles. The van der Waals surface area contributed by atoms with Crippen LogP contribution in [0.3, 0.4) is 0 Å². The predicted molar refractivity (Wildman–Crippen MR) is 111 cm³/mol. The van der Waals surface area contributed by atoms with E-state index in [0.29, 0.717) is 28.9 Å². The molecule has 1 aromatic heterocycles.